The number of hydrazine groups is 1. The van der Waals surface area contributed by atoms with Gasteiger partial charge in [-0.15, -0.1) is 0 Å². The Balaban J connectivity index is 2.84. The van der Waals surface area contributed by atoms with Crippen LogP contribution in [0, 0.1) is 17.0 Å². The highest BCUT2D eigenvalue weighted by atomic mass is 16.6. The molecule has 7 heteroatoms. The number of hydrogen-bond acceptors (Lipinski definition) is 5. The quantitative estimate of drug-likeness (QED) is 0.347. The molecule has 7 nitrogen and oxygen atoms in total. The van der Waals surface area contributed by atoms with Gasteiger partial charge in [0.25, 0.3) is 11.6 Å². The predicted molar refractivity (Wildman–Crippen MR) is 60.3 cm³/mol. The highest BCUT2D eigenvalue weighted by Gasteiger charge is 2.15. The molecular formula is C10H13N3O4. The number of hydrogen-bond donors (Lipinski definition) is 2. The van der Waals surface area contributed by atoms with E-state index >= 15 is 0 Å². The van der Waals surface area contributed by atoms with Gasteiger partial charge in [-0.2, -0.15) is 0 Å². The van der Waals surface area contributed by atoms with Crippen LogP contribution in [0.5, 0.6) is 5.75 Å². The lowest BCUT2D eigenvalue weighted by molar-refractivity contribution is -0.385. The van der Waals surface area contributed by atoms with E-state index in [2.05, 4.69) is 0 Å². The summed E-state index contributed by atoms with van der Waals surface area (Å²) in [4.78, 5) is 21.2. The number of benzene rings is 1. The summed E-state index contributed by atoms with van der Waals surface area (Å²) < 4.78 is 5.27. The Labute approximate surface area is 97.7 Å². The molecule has 0 bridgehead atoms. The highest BCUT2D eigenvalue weighted by Crippen LogP contribution is 2.23. The van der Waals surface area contributed by atoms with E-state index in [-0.39, 0.29) is 5.69 Å². The fourth-order valence-electron chi connectivity index (χ4n) is 1.28. The van der Waals surface area contributed by atoms with Gasteiger partial charge in [0.2, 0.25) is 0 Å². The molecule has 3 N–H and O–H groups in total. The predicted octanol–water partition coefficient (Wildman–Crippen LogP) is 0.660. The van der Waals surface area contributed by atoms with Crippen molar-refractivity contribution in [3.63, 3.8) is 0 Å². The van der Waals surface area contributed by atoms with Crippen LogP contribution < -0.4 is 16.0 Å². The number of amides is 1. The Hall–Kier alpha value is -2.15. The average molecular weight is 239 g/mol. The molecule has 1 aromatic carbocycles. The van der Waals surface area contributed by atoms with Crippen LogP contribution >= 0.6 is 0 Å². The van der Waals surface area contributed by atoms with E-state index < -0.39 is 16.9 Å². The van der Waals surface area contributed by atoms with Crippen LogP contribution in [0.4, 0.5) is 5.69 Å². The van der Waals surface area contributed by atoms with Crippen molar-refractivity contribution in [2.45, 2.75) is 20.0 Å². The normalized spacial score (nSPS) is 11.7. The van der Waals surface area contributed by atoms with Crippen molar-refractivity contribution in [1.82, 2.24) is 5.43 Å². The summed E-state index contributed by atoms with van der Waals surface area (Å²) >= 11 is 0. The summed E-state index contributed by atoms with van der Waals surface area (Å²) in [6.07, 6.45) is -0.763. The van der Waals surface area contributed by atoms with Gasteiger partial charge in [0, 0.05) is 11.6 Å². The number of nitrogens with two attached hydrogens (primary N) is 1. The van der Waals surface area contributed by atoms with Crippen LogP contribution in [0.2, 0.25) is 0 Å². The lowest BCUT2D eigenvalue weighted by Crippen LogP contribution is -2.40. The first-order valence-electron chi connectivity index (χ1n) is 4.88. The second kappa shape index (κ2) is 5.26. The third-order valence-electron chi connectivity index (χ3n) is 2.19. The standard InChI is InChI=1S/C10H13N3O4/c1-6-5-8(3-4-9(6)13(15)16)17-7(2)10(14)12-11/h3-5,7H,11H2,1-2H3,(H,12,14). The third-order valence-corrected chi connectivity index (χ3v) is 2.19. The summed E-state index contributed by atoms with van der Waals surface area (Å²) in [5, 5.41) is 10.6. The van der Waals surface area contributed by atoms with Crippen molar-refractivity contribution >= 4 is 11.6 Å². The lowest BCUT2D eigenvalue weighted by Gasteiger charge is -2.13. The second-order valence-corrected chi connectivity index (χ2v) is 3.47. The minimum atomic E-state index is -0.763. The average Bonchev–Trinajstić information content (AvgIpc) is 2.27. The molecule has 17 heavy (non-hydrogen) atoms. The van der Waals surface area contributed by atoms with Crippen molar-refractivity contribution in [2.24, 2.45) is 5.84 Å². The second-order valence-electron chi connectivity index (χ2n) is 3.47. The van der Waals surface area contributed by atoms with Crippen molar-refractivity contribution in [2.75, 3.05) is 0 Å². The van der Waals surface area contributed by atoms with Gasteiger partial charge in [-0.1, -0.05) is 0 Å². The minimum absolute atomic E-state index is 0.00767. The maximum Gasteiger partial charge on any atom is 0.274 e. The topological polar surface area (TPSA) is 107 Å². The van der Waals surface area contributed by atoms with E-state index in [9.17, 15) is 14.9 Å². The van der Waals surface area contributed by atoms with Gasteiger partial charge in [-0.25, -0.2) is 5.84 Å². The highest BCUT2D eigenvalue weighted by molar-refractivity contribution is 5.80. The van der Waals surface area contributed by atoms with E-state index in [1.165, 1.54) is 25.1 Å². The van der Waals surface area contributed by atoms with E-state index in [1.807, 2.05) is 5.43 Å². The summed E-state index contributed by atoms with van der Waals surface area (Å²) in [5.41, 5.74) is 2.43. The van der Waals surface area contributed by atoms with Crippen molar-refractivity contribution in [1.29, 1.82) is 0 Å². The van der Waals surface area contributed by atoms with E-state index in [4.69, 9.17) is 10.6 Å². The van der Waals surface area contributed by atoms with Gasteiger partial charge in [-0.05, 0) is 26.0 Å². The largest absolute Gasteiger partial charge is 0.481 e. The molecule has 0 saturated heterocycles. The number of carbonyl (C=O) groups is 1. The Morgan fingerprint density at radius 1 is 1.59 bits per heavy atom. The number of aryl methyl sites for hydroxylation is 1. The molecule has 1 aromatic rings. The number of carbonyl (C=O) groups excluding carboxylic acids is 1. The Morgan fingerprint density at radius 3 is 2.71 bits per heavy atom. The van der Waals surface area contributed by atoms with Crippen LogP contribution in [0.15, 0.2) is 18.2 Å². The van der Waals surface area contributed by atoms with Gasteiger partial charge in [0.15, 0.2) is 6.10 Å². The van der Waals surface area contributed by atoms with Crippen LogP contribution in [0.3, 0.4) is 0 Å². The Kier molecular flexibility index (Phi) is 4.00. The van der Waals surface area contributed by atoms with Crippen molar-refractivity contribution in [3.05, 3.63) is 33.9 Å². The van der Waals surface area contributed by atoms with Gasteiger partial charge in [-0.3, -0.25) is 20.3 Å². The number of ether oxygens (including phenoxy) is 1. The molecule has 1 unspecified atom stereocenters. The van der Waals surface area contributed by atoms with Crippen LogP contribution in [-0.4, -0.2) is 16.9 Å². The maximum absolute atomic E-state index is 11.1. The minimum Gasteiger partial charge on any atom is -0.481 e. The first-order chi connectivity index (χ1) is 7.95. The molecule has 0 spiro atoms. The molecule has 0 aliphatic rings. The third kappa shape index (κ3) is 3.15. The van der Waals surface area contributed by atoms with Crippen molar-refractivity contribution < 1.29 is 14.5 Å². The molecule has 0 fully saturated rings. The van der Waals surface area contributed by atoms with Gasteiger partial charge in [0.05, 0.1) is 4.92 Å². The molecule has 0 aliphatic heterocycles. The molecule has 1 atom stereocenters. The summed E-state index contributed by atoms with van der Waals surface area (Å²) in [6, 6.07) is 4.27. The molecule has 92 valence electrons. The number of nitrogens with zero attached hydrogens (tertiary/aromatic N) is 1. The monoisotopic (exact) mass is 239 g/mol. The zero-order valence-electron chi connectivity index (χ0n) is 9.47. The Morgan fingerprint density at radius 2 is 2.24 bits per heavy atom. The first-order valence-corrected chi connectivity index (χ1v) is 4.88. The number of rotatable bonds is 4. The van der Waals surface area contributed by atoms with Crippen molar-refractivity contribution in [3.8, 4) is 5.75 Å². The van der Waals surface area contributed by atoms with Crippen LogP contribution in [-0.2, 0) is 4.79 Å². The summed E-state index contributed by atoms with van der Waals surface area (Å²) in [5.74, 6) is 4.86. The SMILES string of the molecule is Cc1cc(OC(C)C(=O)NN)ccc1[N+](=O)[O-]. The molecule has 0 aliphatic carbocycles. The van der Waals surface area contributed by atoms with Crippen LogP contribution in [0.1, 0.15) is 12.5 Å². The molecule has 0 aromatic heterocycles. The molecule has 0 heterocycles. The lowest BCUT2D eigenvalue weighted by atomic mass is 10.2. The Bertz CT molecular complexity index is 447. The molecule has 0 radical (unpaired) electrons. The smallest absolute Gasteiger partial charge is 0.274 e. The van der Waals surface area contributed by atoms with Gasteiger partial charge < -0.3 is 4.74 Å². The maximum atomic E-state index is 11.1. The number of nitrogens with one attached hydrogen (secondary N) is 1. The fraction of sp³-hybridized carbons (Fsp3) is 0.300. The van der Waals surface area contributed by atoms with Crippen LogP contribution in [0.25, 0.3) is 0 Å². The zero-order valence-corrected chi connectivity index (χ0v) is 9.47. The molecular weight excluding hydrogens is 226 g/mol. The summed E-state index contributed by atoms with van der Waals surface area (Å²) in [7, 11) is 0. The summed E-state index contributed by atoms with van der Waals surface area (Å²) in [6.45, 7) is 3.12. The fourth-order valence-corrected chi connectivity index (χ4v) is 1.28. The zero-order chi connectivity index (χ0) is 13.0. The first kappa shape index (κ1) is 12.9. The van der Waals surface area contributed by atoms with E-state index in [1.54, 1.807) is 6.92 Å². The molecule has 0 saturated carbocycles. The number of nitro benzene ring substituents is 1. The molecule has 1 rings (SSSR count). The van der Waals surface area contributed by atoms with E-state index in [0.29, 0.717) is 11.3 Å². The van der Waals surface area contributed by atoms with Gasteiger partial charge in [0.1, 0.15) is 5.75 Å². The number of nitro groups is 1. The molecule has 1 amide bonds. The van der Waals surface area contributed by atoms with E-state index in [0.717, 1.165) is 0 Å². The van der Waals surface area contributed by atoms with Gasteiger partial charge >= 0.3 is 0 Å².